The Morgan fingerprint density at radius 1 is 0.574 bits per heavy atom. The number of imidazole rings is 2. The summed E-state index contributed by atoms with van der Waals surface area (Å²) >= 11 is 0. The molecule has 0 amide bonds. The zero-order chi connectivity index (χ0) is 49.2. The molecule has 4 aromatic carbocycles. The van der Waals surface area contributed by atoms with Crippen molar-refractivity contribution in [2.75, 3.05) is 43.9 Å². The molecule has 358 valence electrons. The molecule has 0 saturated carbocycles. The van der Waals surface area contributed by atoms with Gasteiger partial charge >= 0.3 is 11.9 Å². The van der Waals surface area contributed by atoms with Gasteiger partial charge in [-0.1, -0.05) is 34.5 Å². The lowest BCUT2D eigenvalue weighted by molar-refractivity contribution is -0.657. The summed E-state index contributed by atoms with van der Waals surface area (Å²) < 4.78 is 95.5. The predicted octanol–water partition coefficient (Wildman–Crippen LogP) is 4.27. The van der Waals surface area contributed by atoms with Gasteiger partial charge in [-0.05, 0) is 73.5 Å². The molecule has 0 fully saturated rings. The fourth-order valence-electron chi connectivity index (χ4n) is 6.77. The quantitative estimate of drug-likeness (QED) is 0.0291. The Bertz CT molecular complexity index is 2970. The predicted molar refractivity (Wildman–Crippen MR) is 247 cm³/mol. The van der Waals surface area contributed by atoms with Crippen LogP contribution in [0.4, 0.5) is 34.6 Å². The monoisotopic (exact) mass is 989 g/mol. The minimum Gasteiger partial charge on any atom is -0.726 e. The van der Waals surface area contributed by atoms with E-state index in [9.17, 15) is 39.4 Å². The summed E-state index contributed by atoms with van der Waals surface area (Å²) in [5.74, 6) is 0.610. The number of ketones is 2. The second kappa shape index (κ2) is 21.8. The van der Waals surface area contributed by atoms with Gasteiger partial charge in [0.05, 0.1) is 81.0 Å². The molecule has 0 aliphatic heterocycles. The lowest BCUT2D eigenvalue weighted by Gasteiger charge is -2.23. The van der Waals surface area contributed by atoms with Crippen molar-refractivity contribution in [1.29, 1.82) is 0 Å². The normalized spacial score (nSPS) is 12.8. The van der Waals surface area contributed by atoms with Crippen LogP contribution in [0.2, 0.25) is 0 Å². The number of hydrogen-bond acceptors (Lipinski definition) is 16. The fraction of sp³-hybridized carbons (Fsp3) is 0.256. The highest BCUT2D eigenvalue weighted by Crippen LogP contribution is 2.35. The molecule has 2 heterocycles. The summed E-state index contributed by atoms with van der Waals surface area (Å²) in [5, 5.41) is 23.3. The third kappa shape index (κ3) is 12.6. The number of carbonyl (C=O) groups is 2. The van der Waals surface area contributed by atoms with Gasteiger partial charge in [-0.2, -0.15) is 0 Å². The number of nitrogens with zero attached hydrogens (tertiary/aromatic N) is 8. The Labute approximate surface area is 393 Å². The lowest BCUT2D eigenvalue weighted by atomic mass is 9.82. The number of aromatic nitrogens is 4. The highest BCUT2D eigenvalue weighted by Gasteiger charge is 2.33. The Hall–Kier alpha value is -6.87. The van der Waals surface area contributed by atoms with Crippen LogP contribution in [0.1, 0.15) is 44.7 Å². The minimum atomic E-state index is -4.41. The number of benzene rings is 4. The maximum atomic E-state index is 14.1. The van der Waals surface area contributed by atoms with Crippen LogP contribution in [0, 0.1) is 0 Å². The van der Waals surface area contributed by atoms with Crippen LogP contribution in [-0.2, 0) is 62.8 Å². The molecule has 0 bridgehead atoms. The molecule has 0 saturated heterocycles. The maximum absolute atomic E-state index is 14.1. The van der Waals surface area contributed by atoms with Gasteiger partial charge in [0.25, 0.3) is 0 Å². The van der Waals surface area contributed by atoms with E-state index in [1.54, 1.807) is 60.7 Å². The average molecular weight is 990 g/mol. The number of fused-ring (bicyclic) bond motifs is 2. The van der Waals surface area contributed by atoms with Gasteiger partial charge < -0.3 is 15.2 Å². The molecule has 1 aliphatic rings. The third-order valence-electron chi connectivity index (χ3n) is 10.3. The van der Waals surface area contributed by atoms with Crippen molar-refractivity contribution in [3.63, 3.8) is 0 Å². The van der Waals surface area contributed by atoms with E-state index >= 15 is 0 Å². The van der Waals surface area contributed by atoms with Crippen molar-refractivity contribution in [3.8, 4) is 0 Å². The van der Waals surface area contributed by atoms with E-state index in [0.29, 0.717) is 60.6 Å². The molecule has 0 radical (unpaired) electrons. The van der Waals surface area contributed by atoms with Gasteiger partial charge in [-0.25, -0.2) is 53.0 Å². The minimum absolute atomic E-state index is 0.0825. The first-order valence-corrected chi connectivity index (χ1v) is 25.0. The van der Waals surface area contributed by atoms with E-state index in [1.807, 2.05) is 71.2 Å². The first-order chi connectivity index (χ1) is 32.3. The van der Waals surface area contributed by atoms with E-state index in [-0.39, 0.29) is 56.7 Å². The van der Waals surface area contributed by atoms with Crippen molar-refractivity contribution in [2.45, 2.75) is 22.6 Å². The third-order valence-corrected chi connectivity index (χ3v) is 13.7. The van der Waals surface area contributed by atoms with Crippen LogP contribution >= 0.6 is 0 Å². The summed E-state index contributed by atoms with van der Waals surface area (Å²) in [5.41, 5.74) is 2.89. The SMILES string of the molecule is COS(=O)(=O)[O-].Cn1cc[n+](C)c1N=Nc1ccc(S(=O)(=O)NCCCNc2cccc3c2C(=O)c2c(NCCCNS(=O)(=O)c4ccc(N=Nc5n(C)cc[n+]5C)cc4)cccc2C3=O)cc1. The van der Waals surface area contributed by atoms with Gasteiger partial charge in [-0.15, -0.1) is 0 Å². The molecule has 22 nitrogen and oxygen atoms in total. The number of nitrogens with one attached hydrogen (secondary N) is 4. The Kier molecular flexibility index (Phi) is 16.2. The van der Waals surface area contributed by atoms with Gasteiger partial charge in [0.1, 0.15) is 11.4 Å². The lowest BCUT2D eigenvalue weighted by Crippen LogP contribution is -2.27. The average Bonchev–Trinajstić information content (AvgIpc) is 3.82. The Morgan fingerprint density at radius 3 is 1.29 bits per heavy atom. The molecule has 25 heteroatoms. The number of carbonyl (C=O) groups excluding carboxylic acids is 2. The Morgan fingerprint density at radius 2 is 0.956 bits per heavy atom. The zero-order valence-electron chi connectivity index (χ0n) is 37.5. The number of aryl methyl sites for hydroxylation is 4. The van der Waals surface area contributed by atoms with Gasteiger partial charge in [-0.3, -0.25) is 13.8 Å². The number of azo groups is 2. The molecule has 4 N–H and O–H groups in total. The summed E-state index contributed by atoms with van der Waals surface area (Å²) in [6, 6.07) is 22.2. The summed E-state index contributed by atoms with van der Waals surface area (Å²) in [6.07, 6.45) is 8.15. The van der Waals surface area contributed by atoms with Crippen LogP contribution in [0.25, 0.3) is 0 Å². The maximum Gasteiger partial charge on any atom is 0.421 e. The fourth-order valence-corrected chi connectivity index (χ4v) is 8.92. The highest BCUT2D eigenvalue weighted by molar-refractivity contribution is 7.89. The van der Waals surface area contributed by atoms with E-state index < -0.39 is 30.4 Å². The molecule has 68 heavy (non-hydrogen) atoms. The standard InChI is InChI=1S/C42H45N12O6S2.CH4O4S/c1-51-25-26-52(2)41(51)49-47-29-13-17-31(18-14-29)61(57,58)45-23-7-21-43-35-11-5-9-33-37(35)40(56)38-34(39(33)55)10-6-12-36(38)44-22-8-24-46-62(59,60)32-19-15-30(16-20-32)48-50-42-53(3)27-28-54(42)4;1-5-6(2,3)4/h5-6,9-20,25-28,45-46H,7-8,21-24H2,1-4H3,(H-,43,44,56);1H3,(H,2,3,4)/q+1;. The first-order valence-electron chi connectivity index (χ1n) is 20.7. The zero-order valence-corrected chi connectivity index (χ0v) is 40.0. The topological polar surface area (TPSA) is 284 Å². The molecule has 6 aromatic rings. The van der Waals surface area contributed by atoms with Crippen LogP contribution in [-0.4, -0.2) is 83.8 Å². The smallest absolute Gasteiger partial charge is 0.421 e. The number of hydrogen-bond donors (Lipinski definition) is 4. The number of sulfonamides is 2. The van der Waals surface area contributed by atoms with E-state index in [4.69, 9.17) is 0 Å². The Balaban J connectivity index is 0.00000119. The van der Waals surface area contributed by atoms with Crippen molar-refractivity contribution in [1.82, 2.24) is 18.6 Å². The highest BCUT2D eigenvalue weighted by atomic mass is 32.3. The molecule has 2 aromatic heterocycles. The number of rotatable bonds is 19. The van der Waals surface area contributed by atoms with E-state index in [1.165, 1.54) is 24.3 Å². The first kappa shape index (κ1) is 50.5. The van der Waals surface area contributed by atoms with Crippen molar-refractivity contribution in [2.24, 2.45) is 48.6 Å². The van der Waals surface area contributed by atoms with Crippen LogP contribution in [0.15, 0.2) is 140 Å². The summed E-state index contributed by atoms with van der Waals surface area (Å²) in [4.78, 5) is 28.0. The molecule has 0 spiro atoms. The van der Waals surface area contributed by atoms with Crippen molar-refractivity contribution < 1.29 is 52.7 Å². The van der Waals surface area contributed by atoms with Gasteiger partial charge in [0, 0.05) is 58.9 Å². The molecule has 0 unspecified atom stereocenters. The molecular formula is C43H49N12O10S3+. The van der Waals surface area contributed by atoms with Crippen LogP contribution in [0.3, 0.4) is 0 Å². The largest absolute Gasteiger partial charge is 0.726 e. The molecule has 1 aliphatic carbocycles. The van der Waals surface area contributed by atoms with Gasteiger partial charge in [0.15, 0.2) is 11.6 Å². The molecule has 7 rings (SSSR count). The van der Waals surface area contributed by atoms with E-state index in [2.05, 4.69) is 44.7 Å². The van der Waals surface area contributed by atoms with Crippen LogP contribution in [0.5, 0.6) is 0 Å². The van der Waals surface area contributed by atoms with Crippen molar-refractivity contribution in [3.05, 3.63) is 132 Å². The summed E-state index contributed by atoms with van der Waals surface area (Å²) in [6.45, 7) is 0.842. The second-order valence-electron chi connectivity index (χ2n) is 15.1. The van der Waals surface area contributed by atoms with Crippen molar-refractivity contribution >= 4 is 76.7 Å². The van der Waals surface area contributed by atoms with Crippen LogP contribution < -0.4 is 29.2 Å². The number of anilines is 2. The van der Waals surface area contributed by atoms with E-state index in [0.717, 1.165) is 7.11 Å². The molecule has 0 atom stereocenters. The van der Waals surface area contributed by atoms with Gasteiger partial charge in [0.2, 0.25) is 30.4 Å². The summed E-state index contributed by atoms with van der Waals surface area (Å²) in [7, 11) is -3.83. The molecular weight excluding hydrogens is 941 g/mol. The second-order valence-corrected chi connectivity index (χ2v) is 19.8.